The molecule has 1 heterocycles. The van der Waals surface area contributed by atoms with Gasteiger partial charge in [-0.2, -0.15) is 0 Å². The van der Waals surface area contributed by atoms with Crippen molar-refractivity contribution in [2.75, 3.05) is 19.8 Å². The fourth-order valence-corrected chi connectivity index (χ4v) is 1.37. The number of ether oxygens (including phenoxy) is 2. The molecule has 0 aliphatic carbocycles. The van der Waals surface area contributed by atoms with Crippen LogP contribution >= 0.6 is 0 Å². The number of hydrogen-bond acceptors (Lipinski definition) is 5. The van der Waals surface area contributed by atoms with Gasteiger partial charge in [-0.15, -0.1) is 5.10 Å². The minimum atomic E-state index is -0.413. The summed E-state index contributed by atoms with van der Waals surface area (Å²) < 4.78 is 12.0. The molecule has 0 amide bonds. The highest BCUT2D eigenvalue weighted by atomic mass is 16.5. The van der Waals surface area contributed by atoms with E-state index >= 15 is 0 Å². The van der Waals surface area contributed by atoms with Crippen molar-refractivity contribution in [1.29, 1.82) is 0 Å². The smallest absolute Gasteiger partial charge is 0.360 e. The highest BCUT2D eigenvalue weighted by Crippen LogP contribution is 2.06. The van der Waals surface area contributed by atoms with Crippen LogP contribution < -0.4 is 0 Å². The lowest BCUT2D eigenvalue weighted by atomic mass is 10.2. The normalized spacial score (nSPS) is 10.9. The molecule has 0 aliphatic rings. The second-order valence-corrected chi connectivity index (χ2v) is 4.44. The molecule has 18 heavy (non-hydrogen) atoms. The molecule has 1 aromatic rings. The van der Waals surface area contributed by atoms with Gasteiger partial charge in [0.25, 0.3) is 0 Å². The Balaban J connectivity index is 2.59. The lowest BCUT2D eigenvalue weighted by Crippen LogP contribution is -2.13. The Morgan fingerprint density at radius 1 is 1.44 bits per heavy atom. The van der Waals surface area contributed by atoms with Crippen molar-refractivity contribution in [2.45, 2.75) is 34.2 Å². The van der Waals surface area contributed by atoms with Crippen LogP contribution in [-0.2, 0) is 16.0 Å². The van der Waals surface area contributed by atoms with Gasteiger partial charge in [-0.05, 0) is 19.8 Å². The summed E-state index contributed by atoms with van der Waals surface area (Å²) in [7, 11) is 0. The molecule has 1 rings (SSSR count). The molecule has 1 aromatic heterocycles. The molecule has 0 aromatic carbocycles. The van der Waals surface area contributed by atoms with Crippen LogP contribution in [0.4, 0.5) is 0 Å². The van der Waals surface area contributed by atoms with E-state index in [0.29, 0.717) is 38.0 Å². The van der Waals surface area contributed by atoms with Crippen LogP contribution in [0.2, 0.25) is 0 Å². The van der Waals surface area contributed by atoms with E-state index in [1.54, 1.807) is 11.6 Å². The number of carbonyl (C=O) groups is 1. The van der Waals surface area contributed by atoms with Gasteiger partial charge >= 0.3 is 5.97 Å². The van der Waals surface area contributed by atoms with Crippen molar-refractivity contribution in [3.8, 4) is 0 Å². The van der Waals surface area contributed by atoms with Crippen molar-refractivity contribution in [3.63, 3.8) is 0 Å². The number of nitrogens with zero attached hydrogens (tertiary/aromatic N) is 3. The van der Waals surface area contributed by atoms with E-state index in [1.165, 1.54) is 0 Å². The SMILES string of the molecule is CCOCCn1nnc(C(=O)OCC(C)C)c1C. The lowest BCUT2D eigenvalue weighted by Gasteiger charge is -2.06. The molecule has 0 N–H and O–H groups in total. The maximum Gasteiger partial charge on any atom is 0.360 e. The van der Waals surface area contributed by atoms with Gasteiger partial charge in [-0.3, -0.25) is 0 Å². The molecule has 6 nitrogen and oxygen atoms in total. The summed E-state index contributed by atoms with van der Waals surface area (Å²) in [6.07, 6.45) is 0. The van der Waals surface area contributed by atoms with Crippen molar-refractivity contribution in [2.24, 2.45) is 5.92 Å². The first kappa shape index (κ1) is 14.6. The van der Waals surface area contributed by atoms with Gasteiger partial charge in [-0.1, -0.05) is 19.1 Å². The van der Waals surface area contributed by atoms with Crippen molar-refractivity contribution in [1.82, 2.24) is 15.0 Å². The summed E-state index contributed by atoms with van der Waals surface area (Å²) in [5.74, 6) is -0.105. The predicted octanol–water partition coefficient (Wildman–Crippen LogP) is 1.44. The molecular formula is C12H21N3O3. The lowest BCUT2D eigenvalue weighted by molar-refractivity contribution is 0.0451. The molecule has 0 fully saturated rings. The quantitative estimate of drug-likeness (QED) is 0.545. The van der Waals surface area contributed by atoms with Gasteiger partial charge in [0.2, 0.25) is 0 Å². The molecule has 6 heteroatoms. The van der Waals surface area contributed by atoms with Gasteiger partial charge in [0.05, 0.1) is 25.5 Å². The Bertz CT molecular complexity index is 388. The van der Waals surface area contributed by atoms with Gasteiger partial charge < -0.3 is 9.47 Å². The highest BCUT2D eigenvalue weighted by molar-refractivity contribution is 5.88. The summed E-state index contributed by atoms with van der Waals surface area (Å²) in [4.78, 5) is 11.7. The largest absolute Gasteiger partial charge is 0.461 e. The zero-order valence-corrected chi connectivity index (χ0v) is 11.5. The molecule has 102 valence electrons. The van der Waals surface area contributed by atoms with E-state index in [0.717, 1.165) is 0 Å². The molecule has 0 unspecified atom stereocenters. The summed E-state index contributed by atoms with van der Waals surface area (Å²) in [5.41, 5.74) is 0.996. The van der Waals surface area contributed by atoms with E-state index in [1.807, 2.05) is 20.8 Å². The zero-order valence-electron chi connectivity index (χ0n) is 11.5. The van der Waals surface area contributed by atoms with E-state index in [-0.39, 0.29) is 5.69 Å². The third kappa shape index (κ3) is 4.10. The van der Waals surface area contributed by atoms with Crippen molar-refractivity contribution < 1.29 is 14.3 Å². The maximum absolute atomic E-state index is 11.7. The monoisotopic (exact) mass is 255 g/mol. The first-order valence-corrected chi connectivity index (χ1v) is 6.21. The standard InChI is InChI=1S/C12H21N3O3/c1-5-17-7-6-15-10(4)11(13-14-15)12(16)18-8-9(2)3/h9H,5-8H2,1-4H3. The minimum Gasteiger partial charge on any atom is -0.461 e. The topological polar surface area (TPSA) is 66.2 Å². The van der Waals surface area contributed by atoms with Gasteiger partial charge in [0, 0.05) is 6.61 Å². The van der Waals surface area contributed by atoms with Crippen molar-refractivity contribution in [3.05, 3.63) is 11.4 Å². The molecule has 0 radical (unpaired) electrons. The molecule has 0 atom stereocenters. The molecule has 0 aliphatic heterocycles. The average molecular weight is 255 g/mol. The first-order chi connectivity index (χ1) is 8.56. The number of aromatic nitrogens is 3. The van der Waals surface area contributed by atoms with Crippen LogP contribution in [0.15, 0.2) is 0 Å². The van der Waals surface area contributed by atoms with E-state index in [4.69, 9.17) is 9.47 Å². The van der Waals surface area contributed by atoms with Crippen LogP contribution in [-0.4, -0.2) is 40.8 Å². The minimum absolute atomic E-state index is 0.284. The number of esters is 1. The van der Waals surface area contributed by atoms with Crippen LogP contribution in [0.25, 0.3) is 0 Å². The third-order valence-electron chi connectivity index (χ3n) is 2.38. The molecule has 0 saturated carbocycles. The Morgan fingerprint density at radius 3 is 2.78 bits per heavy atom. The third-order valence-corrected chi connectivity index (χ3v) is 2.38. The summed E-state index contributed by atoms with van der Waals surface area (Å²) in [6.45, 7) is 9.91. The predicted molar refractivity (Wildman–Crippen MR) is 66.4 cm³/mol. The summed E-state index contributed by atoms with van der Waals surface area (Å²) in [6, 6.07) is 0. The second kappa shape index (κ2) is 7.10. The summed E-state index contributed by atoms with van der Waals surface area (Å²) in [5, 5.41) is 7.78. The Morgan fingerprint density at radius 2 is 2.17 bits per heavy atom. The number of hydrogen-bond donors (Lipinski definition) is 0. The summed E-state index contributed by atoms with van der Waals surface area (Å²) >= 11 is 0. The van der Waals surface area contributed by atoms with Crippen LogP contribution in [0.1, 0.15) is 37.0 Å². The fourth-order valence-electron chi connectivity index (χ4n) is 1.37. The van der Waals surface area contributed by atoms with E-state index in [9.17, 15) is 4.79 Å². The van der Waals surface area contributed by atoms with Gasteiger partial charge in [-0.25, -0.2) is 9.48 Å². The van der Waals surface area contributed by atoms with Crippen LogP contribution in [0, 0.1) is 12.8 Å². The molecule has 0 bridgehead atoms. The van der Waals surface area contributed by atoms with Gasteiger partial charge in [0.1, 0.15) is 0 Å². The Hall–Kier alpha value is -1.43. The second-order valence-electron chi connectivity index (χ2n) is 4.44. The van der Waals surface area contributed by atoms with E-state index in [2.05, 4.69) is 10.3 Å². The average Bonchev–Trinajstić information content (AvgIpc) is 2.68. The zero-order chi connectivity index (χ0) is 13.5. The highest BCUT2D eigenvalue weighted by Gasteiger charge is 2.17. The molecule has 0 spiro atoms. The number of rotatable bonds is 7. The van der Waals surface area contributed by atoms with Crippen LogP contribution in [0.3, 0.4) is 0 Å². The first-order valence-electron chi connectivity index (χ1n) is 6.21. The molecule has 0 saturated heterocycles. The molecular weight excluding hydrogens is 234 g/mol. The van der Waals surface area contributed by atoms with Crippen molar-refractivity contribution >= 4 is 5.97 Å². The van der Waals surface area contributed by atoms with E-state index < -0.39 is 5.97 Å². The Kier molecular flexibility index (Phi) is 5.77. The maximum atomic E-state index is 11.7. The van der Waals surface area contributed by atoms with Crippen LogP contribution in [0.5, 0.6) is 0 Å². The van der Waals surface area contributed by atoms with Gasteiger partial charge in [0.15, 0.2) is 5.69 Å². The fraction of sp³-hybridized carbons (Fsp3) is 0.750. The number of carbonyl (C=O) groups excluding carboxylic acids is 1. The Labute approximate surface area is 107 Å².